The van der Waals surface area contributed by atoms with Gasteiger partial charge < -0.3 is 15.4 Å². The van der Waals surface area contributed by atoms with E-state index in [-0.39, 0.29) is 6.54 Å². The van der Waals surface area contributed by atoms with Crippen molar-refractivity contribution in [2.24, 2.45) is 12.8 Å². The smallest absolute Gasteiger partial charge is 0.313 e. The molecule has 0 radical (unpaired) electrons. The summed E-state index contributed by atoms with van der Waals surface area (Å²) in [6.07, 6.45) is 1.81. The normalized spacial score (nSPS) is 12.8. The van der Waals surface area contributed by atoms with Gasteiger partial charge in [-0.1, -0.05) is 0 Å². The van der Waals surface area contributed by atoms with Gasteiger partial charge in [-0.15, -0.1) is 0 Å². The molecule has 0 spiro atoms. The third-order valence-corrected chi connectivity index (χ3v) is 1.87. The fourth-order valence-corrected chi connectivity index (χ4v) is 1.18. The molecule has 0 fully saturated rings. The Labute approximate surface area is 70.6 Å². The standard InChI is InChI=1S/C8H12N2O2/c1-10-4-2-3-7(10)6(5-9)8(11)12/h2-4,6H,5,9H2,1H3,(H,11,12). The van der Waals surface area contributed by atoms with Gasteiger partial charge in [-0.3, -0.25) is 4.79 Å². The van der Waals surface area contributed by atoms with Crippen LogP contribution in [0.3, 0.4) is 0 Å². The first-order valence-electron chi connectivity index (χ1n) is 3.71. The van der Waals surface area contributed by atoms with Crippen molar-refractivity contribution in [3.63, 3.8) is 0 Å². The van der Waals surface area contributed by atoms with Crippen LogP contribution in [-0.2, 0) is 11.8 Å². The van der Waals surface area contributed by atoms with Crippen LogP contribution in [0.4, 0.5) is 0 Å². The van der Waals surface area contributed by atoms with E-state index < -0.39 is 11.9 Å². The van der Waals surface area contributed by atoms with E-state index in [0.29, 0.717) is 0 Å². The quantitative estimate of drug-likeness (QED) is 0.675. The fraction of sp³-hybridized carbons (Fsp3) is 0.375. The zero-order chi connectivity index (χ0) is 9.14. The Balaban J connectivity index is 2.94. The highest BCUT2D eigenvalue weighted by Gasteiger charge is 2.19. The predicted molar refractivity (Wildman–Crippen MR) is 44.8 cm³/mol. The Morgan fingerprint density at radius 2 is 2.50 bits per heavy atom. The molecule has 0 aliphatic heterocycles. The molecule has 4 nitrogen and oxygen atoms in total. The second kappa shape index (κ2) is 3.40. The number of hydrogen-bond donors (Lipinski definition) is 2. The van der Waals surface area contributed by atoms with Crippen LogP contribution in [0.25, 0.3) is 0 Å². The number of rotatable bonds is 3. The molecule has 12 heavy (non-hydrogen) atoms. The van der Waals surface area contributed by atoms with Crippen LogP contribution in [0, 0.1) is 0 Å². The lowest BCUT2D eigenvalue weighted by atomic mass is 10.1. The number of carboxylic acids is 1. The van der Waals surface area contributed by atoms with Crippen LogP contribution in [-0.4, -0.2) is 22.2 Å². The molecule has 1 aromatic heterocycles. The van der Waals surface area contributed by atoms with Crippen LogP contribution >= 0.6 is 0 Å². The highest BCUT2D eigenvalue weighted by molar-refractivity contribution is 5.75. The molecule has 0 aliphatic carbocycles. The molecule has 1 rings (SSSR count). The van der Waals surface area contributed by atoms with Gasteiger partial charge in [-0.25, -0.2) is 0 Å². The number of nitrogens with zero attached hydrogens (tertiary/aromatic N) is 1. The first-order valence-corrected chi connectivity index (χ1v) is 3.71. The van der Waals surface area contributed by atoms with Crippen molar-refractivity contribution in [1.29, 1.82) is 0 Å². The lowest BCUT2D eigenvalue weighted by Gasteiger charge is -2.10. The van der Waals surface area contributed by atoms with Crippen molar-refractivity contribution in [1.82, 2.24) is 4.57 Å². The topological polar surface area (TPSA) is 68.2 Å². The molecule has 1 aromatic rings. The van der Waals surface area contributed by atoms with Crippen LogP contribution in [0.2, 0.25) is 0 Å². The molecule has 1 heterocycles. The number of aromatic nitrogens is 1. The molecule has 0 saturated heterocycles. The zero-order valence-corrected chi connectivity index (χ0v) is 6.90. The molecular formula is C8H12N2O2. The van der Waals surface area contributed by atoms with Crippen molar-refractivity contribution in [2.45, 2.75) is 5.92 Å². The predicted octanol–water partition coefficient (Wildman–Crippen LogP) is 0.152. The zero-order valence-electron chi connectivity index (χ0n) is 6.90. The summed E-state index contributed by atoms with van der Waals surface area (Å²) >= 11 is 0. The molecular weight excluding hydrogens is 156 g/mol. The van der Waals surface area contributed by atoms with Gasteiger partial charge in [0.15, 0.2) is 0 Å². The molecule has 0 saturated carbocycles. The second-order valence-corrected chi connectivity index (χ2v) is 2.67. The lowest BCUT2D eigenvalue weighted by Crippen LogP contribution is -2.23. The fourth-order valence-electron chi connectivity index (χ4n) is 1.18. The summed E-state index contributed by atoms with van der Waals surface area (Å²) in [7, 11) is 1.81. The maximum absolute atomic E-state index is 10.7. The van der Waals surface area contributed by atoms with Gasteiger partial charge in [0.1, 0.15) is 5.92 Å². The summed E-state index contributed by atoms with van der Waals surface area (Å²) in [5.74, 6) is -1.47. The summed E-state index contributed by atoms with van der Waals surface area (Å²) in [6.45, 7) is 0.132. The van der Waals surface area contributed by atoms with E-state index in [9.17, 15) is 4.79 Å². The van der Waals surface area contributed by atoms with Gasteiger partial charge in [0.05, 0.1) is 0 Å². The molecule has 4 heteroatoms. The molecule has 3 N–H and O–H groups in total. The minimum Gasteiger partial charge on any atom is -0.481 e. The van der Waals surface area contributed by atoms with Crippen molar-refractivity contribution >= 4 is 5.97 Å². The summed E-state index contributed by atoms with van der Waals surface area (Å²) < 4.78 is 1.77. The Hall–Kier alpha value is -1.29. The van der Waals surface area contributed by atoms with E-state index in [1.807, 2.05) is 0 Å². The van der Waals surface area contributed by atoms with Crippen LogP contribution < -0.4 is 5.73 Å². The van der Waals surface area contributed by atoms with E-state index in [0.717, 1.165) is 5.69 Å². The molecule has 1 unspecified atom stereocenters. The minimum absolute atomic E-state index is 0.132. The Bertz CT molecular complexity index is 280. The minimum atomic E-state index is -0.876. The SMILES string of the molecule is Cn1cccc1C(CN)C(=O)O. The number of aliphatic carboxylic acids is 1. The summed E-state index contributed by atoms with van der Waals surface area (Å²) in [5.41, 5.74) is 6.08. The van der Waals surface area contributed by atoms with Crippen LogP contribution in [0.1, 0.15) is 11.6 Å². The van der Waals surface area contributed by atoms with Gasteiger partial charge in [-0.05, 0) is 12.1 Å². The molecule has 0 aromatic carbocycles. The number of hydrogen-bond acceptors (Lipinski definition) is 2. The van der Waals surface area contributed by atoms with E-state index >= 15 is 0 Å². The van der Waals surface area contributed by atoms with Gasteiger partial charge >= 0.3 is 5.97 Å². The Kier molecular flexibility index (Phi) is 2.50. The van der Waals surface area contributed by atoms with Crippen LogP contribution in [0.5, 0.6) is 0 Å². The number of carboxylic acid groups (broad SMARTS) is 1. The highest BCUT2D eigenvalue weighted by Crippen LogP contribution is 2.14. The van der Waals surface area contributed by atoms with Gasteiger partial charge in [-0.2, -0.15) is 0 Å². The van der Waals surface area contributed by atoms with Crippen LogP contribution in [0.15, 0.2) is 18.3 Å². The average Bonchev–Trinajstić information content (AvgIpc) is 2.38. The third-order valence-electron chi connectivity index (χ3n) is 1.87. The first kappa shape index (κ1) is 8.80. The van der Waals surface area contributed by atoms with E-state index in [1.165, 1.54) is 0 Å². The first-order chi connectivity index (χ1) is 5.66. The Morgan fingerprint density at radius 3 is 2.83 bits per heavy atom. The van der Waals surface area contributed by atoms with Gasteiger partial charge in [0.25, 0.3) is 0 Å². The summed E-state index contributed by atoms with van der Waals surface area (Å²) in [6, 6.07) is 3.58. The third kappa shape index (κ3) is 1.48. The van der Waals surface area contributed by atoms with E-state index in [2.05, 4.69) is 0 Å². The van der Waals surface area contributed by atoms with E-state index in [4.69, 9.17) is 10.8 Å². The molecule has 0 amide bonds. The molecule has 0 aliphatic rings. The van der Waals surface area contributed by atoms with E-state index in [1.54, 1.807) is 29.9 Å². The maximum Gasteiger partial charge on any atom is 0.313 e. The molecule has 0 bridgehead atoms. The van der Waals surface area contributed by atoms with Crippen molar-refractivity contribution < 1.29 is 9.90 Å². The lowest BCUT2D eigenvalue weighted by molar-refractivity contribution is -0.138. The maximum atomic E-state index is 10.7. The average molecular weight is 168 g/mol. The molecule has 66 valence electrons. The number of aryl methyl sites for hydroxylation is 1. The van der Waals surface area contributed by atoms with Crippen molar-refractivity contribution in [3.8, 4) is 0 Å². The highest BCUT2D eigenvalue weighted by atomic mass is 16.4. The summed E-state index contributed by atoms with van der Waals surface area (Å²) in [4.78, 5) is 10.7. The van der Waals surface area contributed by atoms with Gasteiger partial charge in [0, 0.05) is 25.5 Å². The van der Waals surface area contributed by atoms with Crippen molar-refractivity contribution in [2.75, 3.05) is 6.54 Å². The van der Waals surface area contributed by atoms with Gasteiger partial charge in [0.2, 0.25) is 0 Å². The second-order valence-electron chi connectivity index (χ2n) is 2.67. The van der Waals surface area contributed by atoms with Crippen molar-refractivity contribution in [3.05, 3.63) is 24.0 Å². The number of nitrogens with two attached hydrogens (primary N) is 1. The molecule has 1 atom stereocenters. The number of carbonyl (C=O) groups is 1. The summed E-state index contributed by atoms with van der Waals surface area (Å²) in [5, 5.41) is 8.78. The largest absolute Gasteiger partial charge is 0.481 e. The monoisotopic (exact) mass is 168 g/mol. The Morgan fingerprint density at radius 1 is 1.83 bits per heavy atom.